The van der Waals surface area contributed by atoms with Crippen molar-refractivity contribution < 1.29 is 9.59 Å². The summed E-state index contributed by atoms with van der Waals surface area (Å²) in [5.74, 6) is 0.0670. The van der Waals surface area contributed by atoms with Gasteiger partial charge in [-0.2, -0.15) is 0 Å². The summed E-state index contributed by atoms with van der Waals surface area (Å²) in [6.45, 7) is 2.21. The summed E-state index contributed by atoms with van der Waals surface area (Å²) < 4.78 is 0. The quantitative estimate of drug-likeness (QED) is 0.743. The molecule has 1 fully saturated rings. The maximum absolute atomic E-state index is 12.0. The molecule has 2 amide bonds. The monoisotopic (exact) mass is 275 g/mol. The van der Waals surface area contributed by atoms with E-state index in [-0.39, 0.29) is 11.8 Å². The lowest BCUT2D eigenvalue weighted by Crippen LogP contribution is -2.53. The average Bonchev–Trinajstić information content (AvgIpc) is 3.29. The maximum Gasteiger partial charge on any atom is 0.251 e. The molecule has 0 aromatic heterocycles. The van der Waals surface area contributed by atoms with Gasteiger partial charge in [-0.25, -0.2) is 0 Å². The minimum Gasteiger partial charge on any atom is -0.355 e. The van der Waals surface area contributed by atoms with Crippen LogP contribution in [0.4, 0.5) is 0 Å². The third kappa shape index (κ3) is 3.17. The Balaban J connectivity index is 1.91. The molecule has 1 aliphatic carbocycles. The predicted molar refractivity (Wildman–Crippen MR) is 77.0 cm³/mol. The van der Waals surface area contributed by atoms with Crippen LogP contribution in [-0.4, -0.2) is 24.4 Å². The van der Waals surface area contributed by atoms with Crippen LogP contribution in [0.5, 0.6) is 0 Å². The van der Waals surface area contributed by atoms with E-state index in [9.17, 15) is 9.59 Å². The van der Waals surface area contributed by atoms with Crippen molar-refractivity contribution >= 4 is 11.8 Å². The highest BCUT2D eigenvalue weighted by Gasteiger charge is 2.43. The number of amides is 2. The normalized spacial score (nSPS) is 17.1. The fourth-order valence-corrected chi connectivity index (χ4v) is 2.16. The summed E-state index contributed by atoms with van der Waals surface area (Å²) in [4.78, 5) is 23.4. The van der Waals surface area contributed by atoms with E-state index in [1.807, 2.05) is 12.1 Å². The van der Waals surface area contributed by atoms with E-state index in [0.717, 1.165) is 18.4 Å². The first-order valence-electron chi connectivity index (χ1n) is 6.83. The highest BCUT2D eigenvalue weighted by molar-refractivity contribution is 5.94. The summed E-state index contributed by atoms with van der Waals surface area (Å²) in [6, 6.07) is 7.14. The van der Waals surface area contributed by atoms with Crippen molar-refractivity contribution in [2.24, 2.45) is 11.7 Å². The standard InChI is InChI=1S/C15H21N3O2/c1-15(16,12-7-8-12)14(20)18-9-10-3-5-11(6-4-10)13(19)17-2/h3-6,12H,7-9,16H2,1-2H3,(H,17,19)(H,18,20). The van der Waals surface area contributed by atoms with Crippen molar-refractivity contribution in [3.63, 3.8) is 0 Å². The molecule has 0 saturated heterocycles. The lowest BCUT2D eigenvalue weighted by Gasteiger charge is -2.23. The number of hydrogen-bond acceptors (Lipinski definition) is 3. The van der Waals surface area contributed by atoms with Crippen molar-refractivity contribution in [2.45, 2.75) is 31.8 Å². The molecule has 5 nitrogen and oxygen atoms in total. The number of nitrogens with one attached hydrogen (secondary N) is 2. The highest BCUT2D eigenvalue weighted by atomic mass is 16.2. The fraction of sp³-hybridized carbons (Fsp3) is 0.467. The number of carbonyl (C=O) groups is 2. The van der Waals surface area contributed by atoms with Gasteiger partial charge >= 0.3 is 0 Å². The Hall–Kier alpha value is -1.88. The third-order valence-electron chi connectivity index (χ3n) is 3.81. The molecule has 1 aromatic rings. The average molecular weight is 275 g/mol. The molecule has 0 bridgehead atoms. The van der Waals surface area contributed by atoms with E-state index in [2.05, 4.69) is 10.6 Å². The lowest BCUT2D eigenvalue weighted by atomic mass is 9.96. The van der Waals surface area contributed by atoms with Gasteiger partial charge in [-0.05, 0) is 43.4 Å². The Kier molecular flexibility index (Phi) is 4.09. The van der Waals surface area contributed by atoms with Crippen molar-refractivity contribution in [3.05, 3.63) is 35.4 Å². The fourth-order valence-electron chi connectivity index (χ4n) is 2.16. The van der Waals surface area contributed by atoms with Gasteiger partial charge in [0.2, 0.25) is 5.91 Å². The van der Waals surface area contributed by atoms with Crippen LogP contribution in [0.2, 0.25) is 0 Å². The Morgan fingerprint density at radius 2 is 1.90 bits per heavy atom. The Labute approximate surface area is 118 Å². The van der Waals surface area contributed by atoms with Crippen molar-refractivity contribution in [3.8, 4) is 0 Å². The van der Waals surface area contributed by atoms with E-state index in [1.165, 1.54) is 0 Å². The second-order valence-electron chi connectivity index (χ2n) is 5.52. The van der Waals surface area contributed by atoms with Crippen LogP contribution in [0.25, 0.3) is 0 Å². The van der Waals surface area contributed by atoms with Gasteiger partial charge in [0.25, 0.3) is 5.91 Å². The van der Waals surface area contributed by atoms with E-state index in [1.54, 1.807) is 26.1 Å². The zero-order valence-corrected chi connectivity index (χ0v) is 11.9. The zero-order valence-electron chi connectivity index (χ0n) is 11.9. The SMILES string of the molecule is CNC(=O)c1ccc(CNC(=O)C(C)(N)C2CC2)cc1. The molecule has 108 valence electrons. The predicted octanol–water partition coefficient (Wildman–Crippen LogP) is 0.790. The van der Waals surface area contributed by atoms with E-state index < -0.39 is 5.54 Å². The molecular weight excluding hydrogens is 254 g/mol. The van der Waals surface area contributed by atoms with Gasteiger partial charge in [0, 0.05) is 19.2 Å². The molecular formula is C15H21N3O2. The molecule has 2 rings (SSSR count). The second-order valence-corrected chi connectivity index (χ2v) is 5.52. The number of benzene rings is 1. The number of hydrogen-bond donors (Lipinski definition) is 3. The molecule has 0 radical (unpaired) electrons. The first-order chi connectivity index (χ1) is 9.45. The van der Waals surface area contributed by atoms with Gasteiger partial charge in [-0.15, -0.1) is 0 Å². The van der Waals surface area contributed by atoms with Crippen LogP contribution < -0.4 is 16.4 Å². The smallest absolute Gasteiger partial charge is 0.251 e. The first-order valence-corrected chi connectivity index (χ1v) is 6.83. The van der Waals surface area contributed by atoms with Gasteiger partial charge in [0.05, 0.1) is 5.54 Å². The highest BCUT2D eigenvalue weighted by Crippen LogP contribution is 2.38. The minimum absolute atomic E-state index is 0.115. The molecule has 0 heterocycles. The molecule has 0 spiro atoms. The molecule has 1 unspecified atom stereocenters. The molecule has 1 atom stereocenters. The largest absolute Gasteiger partial charge is 0.355 e. The van der Waals surface area contributed by atoms with Crippen molar-refractivity contribution in [1.82, 2.24) is 10.6 Å². The summed E-state index contributed by atoms with van der Waals surface area (Å²) in [7, 11) is 1.59. The van der Waals surface area contributed by atoms with Gasteiger partial charge in [-0.1, -0.05) is 12.1 Å². The molecule has 5 heteroatoms. The summed E-state index contributed by atoms with van der Waals surface area (Å²) in [6.07, 6.45) is 2.06. The molecule has 20 heavy (non-hydrogen) atoms. The lowest BCUT2D eigenvalue weighted by molar-refractivity contribution is -0.126. The number of carbonyl (C=O) groups excluding carboxylic acids is 2. The zero-order chi connectivity index (χ0) is 14.8. The Bertz CT molecular complexity index is 504. The molecule has 1 aliphatic rings. The van der Waals surface area contributed by atoms with Crippen LogP contribution in [0.15, 0.2) is 24.3 Å². The molecule has 1 aromatic carbocycles. The molecule has 4 N–H and O–H groups in total. The van der Waals surface area contributed by atoms with E-state index >= 15 is 0 Å². The Morgan fingerprint density at radius 3 is 2.40 bits per heavy atom. The summed E-state index contributed by atoms with van der Waals surface area (Å²) in [5.41, 5.74) is 6.81. The second kappa shape index (κ2) is 5.63. The Morgan fingerprint density at radius 1 is 1.30 bits per heavy atom. The van der Waals surface area contributed by atoms with Gasteiger partial charge < -0.3 is 16.4 Å². The van der Waals surface area contributed by atoms with Crippen LogP contribution in [0, 0.1) is 5.92 Å². The first kappa shape index (κ1) is 14.5. The maximum atomic E-state index is 12.0. The molecule has 1 saturated carbocycles. The van der Waals surface area contributed by atoms with Crippen LogP contribution in [-0.2, 0) is 11.3 Å². The van der Waals surface area contributed by atoms with E-state index in [4.69, 9.17) is 5.73 Å². The van der Waals surface area contributed by atoms with Crippen LogP contribution >= 0.6 is 0 Å². The number of rotatable bonds is 5. The van der Waals surface area contributed by atoms with Gasteiger partial charge in [0.15, 0.2) is 0 Å². The van der Waals surface area contributed by atoms with Crippen molar-refractivity contribution in [1.29, 1.82) is 0 Å². The third-order valence-corrected chi connectivity index (χ3v) is 3.81. The summed E-state index contributed by atoms with van der Waals surface area (Å²) >= 11 is 0. The summed E-state index contributed by atoms with van der Waals surface area (Å²) in [5, 5.41) is 5.42. The minimum atomic E-state index is -0.776. The topological polar surface area (TPSA) is 84.2 Å². The number of nitrogens with two attached hydrogens (primary N) is 1. The van der Waals surface area contributed by atoms with E-state index in [0.29, 0.717) is 18.0 Å². The molecule has 0 aliphatic heterocycles. The van der Waals surface area contributed by atoms with Crippen LogP contribution in [0.1, 0.15) is 35.7 Å². The van der Waals surface area contributed by atoms with Crippen LogP contribution in [0.3, 0.4) is 0 Å². The van der Waals surface area contributed by atoms with Gasteiger partial charge in [-0.3, -0.25) is 9.59 Å². The van der Waals surface area contributed by atoms with Gasteiger partial charge in [0.1, 0.15) is 0 Å². The van der Waals surface area contributed by atoms with Crippen molar-refractivity contribution in [2.75, 3.05) is 7.05 Å².